The van der Waals surface area contributed by atoms with Gasteiger partial charge < -0.3 is 10.6 Å². The van der Waals surface area contributed by atoms with Crippen LogP contribution in [-0.4, -0.2) is 5.91 Å². The summed E-state index contributed by atoms with van der Waals surface area (Å²) in [5.41, 5.74) is 4.32. The van der Waals surface area contributed by atoms with Gasteiger partial charge >= 0.3 is 0 Å². The summed E-state index contributed by atoms with van der Waals surface area (Å²) in [4.78, 5) is 11.7. The van der Waals surface area contributed by atoms with E-state index < -0.39 is 0 Å². The molecular formula is C19H22N2O. The zero-order valence-electron chi connectivity index (χ0n) is 13.1. The van der Waals surface area contributed by atoms with Crippen molar-refractivity contribution in [3.05, 3.63) is 54.1 Å². The number of nitrogens with one attached hydrogen (secondary N) is 2. The molecule has 0 spiro atoms. The Morgan fingerprint density at radius 1 is 1.00 bits per heavy atom. The topological polar surface area (TPSA) is 41.1 Å². The summed E-state index contributed by atoms with van der Waals surface area (Å²) >= 11 is 0. The first-order valence-electron chi connectivity index (χ1n) is 7.90. The van der Waals surface area contributed by atoms with E-state index in [-0.39, 0.29) is 11.8 Å². The second-order valence-electron chi connectivity index (χ2n) is 6.21. The molecule has 3 nitrogen and oxygen atoms in total. The van der Waals surface area contributed by atoms with Crippen molar-refractivity contribution in [3.8, 4) is 0 Å². The van der Waals surface area contributed by atoms with Gasteiger partial charge in [-0.1, -0.05) is 32.0 Å². The molecule has 1 saturated carbocycles. The zero-order valence-corrected chi connectivity index (χ0v) is 13.1. The molecule has 1 amide bonds. The molecule has 1 aliphatic rings. The number of hydrogen-bond acceptors (Lipinski definition) is 2. The van der Waals surface area contributed by atoms with E-state index in [0.29, 0.717) is 5.92 Å². The maximum Gasteiger partial charge on any atom is 0.227 e. The molecule has 3 heteroatoms. The molecule has 3 rings (SSSR count). The van der Waals surface area contributed by atoms with E-state index in [1.54, 1.807) is 0 Å². The molecule has 0 atom stereocenters. The molecule has 2 aromatic carbocycles. The van der Waals surface area contributed by atoms with E-state index in [2.05, 4.69) is 42.7 Å². The van der Waals surface area contributed by atoms with Crippen molar-refractivity contribution in [2.45, 2.75) is 32.6 Å². The lowest BCUT2D eigenvalue weighted by Gasteiger charge is -2.15. The quantitative estimate of drug-likeness (QED) is 0.823. The number of para-hydroxylation sites is 1. The van der Waals surface area contributed by atoms with Gasteiger partial charge in [-0.05, 0) is 54.7 Å². The minimum absolute atomic E-state index is 0.144. The van der Waals surface area contributed by atoms with Crippen LogP contribution < -0.4 is 10.6 Å². The van der Waals surface area contributed by atoms with E-state index in [4.69, 9.17) is 0 Å². The van der Waals surface area contributed by atoms with Gasteiger partial charge in [0.15, 0.2) is 0 Å². The molecule has 1 fully saturated rings. The minimum atomic E-state index is 0.144. The Bertz CT molecular complexity index is 657. The van der Waals surface area contributed by atoms with Crippen molar-refractivity contribution in [1.82, 2.24) is 0 Å². The Kier molecular flexibility index (Phi) is 4.14. The second kappa shape index (κ2) is 6.22. The highest BCUT2D eigenvalue weighted by Crippen LogP contribution is 2.31. The fraction of sp³-hybridized carbons (Fsp3) is 0.316. The van der Waals surface area contributed by atoms with Crippen molar-refractivity contribution < 1.29 is 4.79 Å². The van der Waals surface area contributed by atoms with Crippen LogP contribution in [0.3, 0.4) is 0 Å². The van der Waals surface area contributed by atoms with Crippen LogP contribution in [-0.2, 0) is 4.79 Å². The number of benzene rings is 2. The van der Waals surface area contributed by atoms with Gasteiger partial charge in [0.2, 0.25) is 5.91 Å². The largest absolute Gasteiger partial charge is 0.355 e. The normalized spacial score (nSPS) is 14.0. The lowest BCUT2D eigenvalue weighted by atomic mass is 10.0. The highest BCUT2D eigenvalue weighted by molar-refractivity contribution is 5.94. The molecule has 2 aromatic rings. The molecule has 0 aromatic heterocycles. The van der Waals surface area contributed by atoms with Crippen LogP contribution in [0.15, 0.2) is 48.5 Å². The predicted molar refractivity (Wildman–Crippen MR) is 91.6 cm³/mol. The van der Waals surface area contributed by atoms with Gasteiger partial charge in [0.25, 0.3) is 0 Å². The van der Waals surface area contributed by atoms with Gasteiger partial charge in [0.1, 0.15) is 0 Å². The van der Waals surface area contributed by atoms with Crippen LogP contribution in [0, 0.1) is 5.92 Å². The van der Waals surface area contributed by atoms with Crippen LogP contribution in [0.25, 0.3) is 0 Å². The monoisotopic (exact) mass is 294 g/mol. The Morgan fingerprint density at radius 2 is 1.64 bits per heavy atom. The third-order valence-corrected chi connectivity index (χ3v) is 3.96. The Morgan fingerprint density at radius 3 is 2.27 bits per heavy atom. The van der Waals surface area contributed by atoms with Crippen molar-refractivity contribution in [2.75, 3.05) is 10.6 Å². The summed E-state index contributed by atoms with van der Waals surface area (Å²) in [7, 11) is 0. The SMILES string of the molecule is CC(C)c1ccccc1Nc1ccc(NC(=O)C2CC2)cc1. The molecule has 1 aliphatic carbocycles. The first-order chi connectivity index (χ1) is 10.6. The Labute approximate surface area is 131 Å². The van der Waals surface area contributed by atoms with Gasteiger partial charge in [0.05, 0.1) is 0 Å². The average molecular weight is 294 g/mol. The van der Waals surface area contributed by atoms with Crippen molar-refractivity contribution in [2.24, 2.45) is 5.92 Å². The van der Waals surface area contributed by atoms with Gasteiger partial charge in [-0.2, -0.15) is 0 Å². The maximum atomic E-state index is 11.7. The summed E-state index contributed by atoms with van der Waals surface area (Å²) in [5.74, 6) is 0.849. The standard InChI is InChI=1S/C19H22N2O/c1-13(2)17-5-3-4-6-18(17)20-15-9-11-16(12-10-15)21-19(22)14-7-8-14/h3-6,9-14,20H,7-8H2,1-2H3,(H,21,22). The highest BCUT2D eigenvalue weighted by atomic mass is 16.2. The van der Waals surface area contributed by atoms with E-state index in [0.717, 1.165) is 29.9 Å². The second-order valence-corrected chi connectivity index (χ2v) is 6.21. The average Bonchev–Trinajstić information content (AvgIpc) is 3.34. The highest BCUT2D eigenvalue weighted by Gasteiger charge is 2.29. The van der Waals surface area contributed by atoms with Crippen molar-refractivity contribution in [3.63, 3.8) is 0 Å². The fourth-order valence-corrected chi connectivity index (χ4v) is 2.50. The zero-order chi connectivity index (χ0) is 15.5. The summed E-state index contributed by atoms with van der Waals surface area (Å²) < 4.78 is 0. The lowest BCUT2D eigenvalue weighted by Crippen LogP contribution is -2.13. The molecule has 0 unspecified atom stereocenters. The number of rotatable bonds is 5. The smallest absolute Gasteiger partial charge is 0.227 e. The van der Waals surface area contributed by atoms with E-state index in [9.17, 15) is 4.79 Å². The number of carbonyl (C=O) groups is 1. The van der Waals surface area contributed by atoms with E-state index in [1.165, 1.54) is 5.56 Å². The Hall–Kier alpha value is -2.29. The molecule has 2 N–H and O–H groups in total. The van der Waals surface area contributed by atoms with Crippen molar-refractivity contribution in [1.29, 1.82) is 0 Å². The lowest BCUT2D eigenvalue weighted by molar-refractivity contribution is -0.117. The molecule has 0 bridgehead atoms. The first kappa shape index (κ1) is 14.6. The number of anilines is 3. The number of carbonyl (C=O) groups excluding carboxylic acids is 1. The third-order valence-electron chi connectivity index (χ3n) is 3.96. The van der Waals surface area contributed by atoms with Gasteiger partial charge in [-0.15, -0.1) is 0 Å². The molecule has 22 heavy (non-hydrogen) atoms. The van der Waals surface area contributed by atoms with Crippen molar-refractivity contribution >= 4 is 23.0 Å². The number of amides is 1. The van der Waals surface area contributed by atoms with Crippen LogP contribution >= 0.6 is 0 Å². The molecule has 114 valence electrons. The summed E-state index contributed by atoms with van der Waals surface area (Å²) in [6.45, 7) is 4.38. The van der Waals surface area contributed by atoms with Crippen LogP contribution in [0.1, 0.15) is 38.2 Å². The molecule has 0 radical (unpaired) electrons. The fourth-order valence-electron chi connectivity index (χ4n) is 2.50. The predicted octanol–water partition coefficient (Wildman–Crippen LogP) is 4.90. The first-order valence-corrected chi connectivity index (χ1v) is 7.90. The van der Waals surface area contributed by atoms with Crippen LogP contribution in [0.5, 0.6) is 0 Å². The third kappa shape index (κ3) is 3.48. The van der Waals surface area contributed by atoms with Gasteiger partial charge in [-0.3, -0.25) is 4.79 Å². The van der Waals surface area contributed by atoms with E-state index >= 15 is 0 Å². The Balaban J connectivity index is 1.69. The minimum Gasteiger partial charge on any atom is -0.355 e. The maximum absolute atomic E-state index is 11.7. The van der Waals surface area contributed by atoms with Gasteiger partial charge in [0, 0.05) is 23.0 Å². The molecule has 0 heterocycles. The molecule has 0 aliphatic heterocycles. The van der Waals surface area contributed by atoms with E-state index in [1.807, 2.05) is 30.3 Å². The summed E-state index contributed by atoms with van der Waals surface area (Å²) in [6.07, 6.45) is 2.05. The van der Waals surface area contributed by atoms with Crippen LogP contribution in [0.4, 0.5) is 17.1 Å². The summed E-state index contributed by atoms with van der Waals surface area (Å²) in [5, 5.41) is 6.41. The van der Waals surface area contributed by atoms with Crippen LogP contribution in [0.2, 0.25) is 0 Å². The summed E-state index contributed by atoms with van der Waals surface area (Å²) in [6, 6.07) is 16.2. The van der Waals surface area contributed by atoms with Gasteiger partial charge in [-0.25, -0.2) is 0 Å². The number of hydrogen-bond donors (Lipinski definition) is 2. The molecule has 0 saturated heterocycles. The molecular weight excluding hydrogens is 272 g/mol.